The van der Waals surface area contributed by atoms with Crippen molar-refractivity contribution < 1.29 is 14.3 Å². The van der Waals surface area contributed by atoms with Gasteiger partial charge in [-0.25, -0.2) is 4.39 Å². The number of nitrogens with one attached hydrogen (secondary N) is 1. The van der Waals surface area contributed by atoms with E-state index in [0.717, 1.165) is 18.5 Å². The van der Waals surface area contributed by atoms with Gasteiger partial charge in [-0.1, -0.05) is 6.07 Å². The first-order valence-electron chi connectivity index (χ1n) is 5.92. The van der Waals surface area contributed by atoms with Crippen LogP contribution in [0, 0.1) is 11.2 Å². The maximum Gasteiger partial charge on any atom is 0.311 e. The predicted octanol–water partition coefficient (Wildman–Crippen LogP) is 2.59. The van der Waals surface area contributed by atoms with Gasteiger partial charge in [-0.05, 0) is 59.4 Å². The Morgan fingerprint density at radius 1 is 1.56 bits per heavy atom. The Morgan fingerprint density at radius 2 is 2.33 bits per heavy atom. The van der Waals surface area contributed by atoms with Crippen molar-refractivity contribution in [3.8, 4) is 0 Å². The largest absolute Gasteiger partial charge is 0.481 e. The third-order valence-corrected chi connectivity index (χ3v) is 4.06. The topological polar surface area (TPSA) is 49.3 Å². The first kappa shape index (κ1) is 13.5. The highest BCUT2D eigenvalue weighted by atomic mass is 79.9. The van der Waals surface area contributed by atoms with E-state index in [1.807, 2.05) is 0 Å². The number of benzene rings is 1. The van der Waals surface area contributed by atoms with Crippen LogP contribution in [0.4, 0.5) is 4.39 Å². The van der Waals surface area contributed by atoms with Gasteiger partial charge in [0.15, 0.2) is 0 Å². The van der Waals surface area contributed by atoms with Crippen LogP contribution >= 0.6 is 15.9 Å². The number of carboxylic acids is 1. The summed E-state index contributed by atoms with van der Waals surface area (Å²) in [6.07, 6.45) is 1.94. The van der Waals surface area contributed by atoms with Gasteiger partial charge in [0, 0.05) is 6.54 Å². The molecule has 0 aromatic heterocycles. The third-order valence-electron chi connectivity index (χ3n) is 3.45. The average molecular weight is 316 g/mol. The van der Waals surface area contributed by atoms with Gasteiger partial charge in [0.25, 0.3) is 0 Å². The van der Waals surface area contributed by atoms with Crippen molar-refractivity contribution in [3.63, 3.8) is 0 Å². The molecule has 1 aliphatic rings. The summed E-state index contributed by atoms with van der Waals surface area (Å²) in [6.45, 7) is 1.33. The minimum Gasteiger partial charge on any atom is -0.481 e. The molecule has 2 N–H and O–H groups in total. The quantitative estimate of drug-likeness (QED) is 0.901. The van der Waals surface area contributed by atoms with Crippen LogP contribution in [-0.4, -0.2) is 24.2 Å². The molecule has 98 valence electrons. The number of halogens is 2. The lowest BCUT2D eigenvalue weighted by Gasteiger charge is -2.33. The highest BCUT2D eigenvalue weighted by Crippen LogP contribution is 2.32. The summed E-state index contributed by atoms with van der Waals surface area (Å²) in [6, 6.07) is 4.68. The summed E-state index contributed by atoms with van der Waals surface area (Å²) in [5.74, 6) is -1.11. The second kappa shape index (κ2) is 5.36. The summed E-state index contributed by atoms with van der Waals surface area (Å²) in [5.41, 5.74) is 0.0737. The van der Waals surface area contributed by atoms with Crippen LogP contribution < -0.4 is 5.32 Å². The van der Waals surface area contributed by atoms with E-state index in [9.17, 15) is 14.3 Å². The predicted molar refractivity (Wildman–Crippen MR) is 70.0 cm³/mol. The van der Waals surface area contributed by atoms with Gasteiger partial charge < -0.3 is 10.4 Å². The molecule has 0 aliphatic carbocycles. The maximum absolute atomic E-state index is 13.2. The monoisotopic (exact) mass is 315 g/mol. The lowest BCUT2D eigenvalue weighted by Crippen LogP contribution is -2.47. The zero-order valence-electron chi connectivity index (χ0n) is 9.88. The van der Waals surface area contributed by atoms with E-state index in [-0.39, 0.29) is 5.82 Å². The van der Waals surface area contributed by atoms with Gasteiger partial charge in [0.05, 0.1) is 9.89 Å². The Bertz CT molecular complexity index is 458. The normalized spacial score (nSPS) is 23.9. The van der Waals surface area contributed by atoms with Crippen LogP contribution in [0.15, 0.2) is 22.7 Å². The van der Waals surface area contributed by atoms with Crippen molar-refractivity contribution in [1.82, 2.24) is 5.32 Å². The standard InChI is InChI=1S/C13H15BrFNO2/c14-10-6-9(2-3-11(10)15)7-13(12(17)18)4-1-5-16-8-13/h2-3,6,16H,1,4-5,7-8H2,(H,17,18). The molecule has 1 aromatic rings. The highest BCUT2D eigenvalue weighted by molar-refractivity contribution is 9.10. The molecule has 0 radical (unpaired) electrons. The molecular formula is C13H15BrFNO2. The van der Waals surface area contributed by atoms with Crippen LogP contribution in [0.2, 0.25) is 0 Å². The van der Waals surface area contributed by atoms with Crippen LogP contribution in [0.1, 0.15) is 18.4 Å². The maximum atomic E-state index is 13.2. The Morgan fingerprint density at radius 3 is 2.89 bits per heavy atom. The van der Waals surface area contributed by atoms with Crippen molar-refractivity contribution in [2.75, 3.05) is 13.1 Å². The van der Waals surface area contributed by atoms with E-state index < -0.39 is 11.4 Å². The molecule has 1 fully saturated rings. The smallest absolute Gasteiger partial charge is 0.311 e. The SMILES string of the molecule is O=C(O)C1(Cc2ccc(F)c(Br)c2)CCCNC1. The molecule has 5 heteroatoms. The van der Waals surface area contributed by atoms with E-state index in [0.29, 0.717) is 23.9 Å². The summed E-state index contributed by atoms with van der Waals surface area (Å²) < 4.78 is 13.5. The number of rotatable bonds is 3. The van der Waals surface area contributed by atoms with Gasteiger partial charge in [-0.3, -0.25) is 4.79 Å². The molecule has 1 aromatic carbocycles. The van der Waals surface area contributed by atoms with Crippen molar-refractivity contribution in [2.24, 2.45) is 5.41 Å². The minimum absolute atomic E-state index is 0.329. The van der Waals surface area contributed by atoms with Crippen molar-refractivity contribution >= 4 is 21.9 Å². The average Bonchev–Trinajstić information content (AvgIpc) is 2.35. The van der Waals surface area contributed by atoms with E-state index in [1.165, 1.54) is 6.07 Å². The number of hydrogen-bond acceptors (Lipinski definition) is 2. The fourth-order valence-electron chi connectivity index (χ4n) is 2.42. The second-order valence-electron chi connectivity index (χ2n) is 4.79. The molecule has 0 saturated carbocycles. The first-order valence-corrected chi connectivity index (χ1v) is 6.71. The fraction of sp³-hybridized carbons (Fsp3) is 0.462. The van der Waals surface area contributed by atoms with Crippen LogP contribution in [-0.2, 0) is 11.2 Å². The molecule has 0 spiro atoms. The number of hydrogen-bond donors (Lipinski definition) is 2. The Kier molecular flexibility index (Phi) is 4.02. The third kappa shape index (κ3) is 2.72. The summed E-state index contributed by atoms with van der Waals surface area (Å²) in [5, 5.41) is 12.6. The first-order chi connectivity index (χ1) is 8.53. The molecule has 0 bridgehead atoms. The second-order valence-corrected chi connectivity index (χ2v) is 5.65. The van der Waals surface area contributed by atoms with Crippen molar-refractivity contribution in [1.29, 1.82) is 0 Å². The Balaban J connectivity index is 2.23. The Hall–Kier alpha value is -0.940. The van der Waals surface area contributed by atoms with Crippen LogP contribution in [0.25, 0.3) is 0 Å². The van der Waals surface area contributed by atoms with Crippen molar-refractivity contribution in [2.45, 2.75) is 19.3 Å². The molecule has 1 aliphatic heterocycles. The molecular weight excluding hydrogens is 301 g/mol. The molecule has 1 heterocycles. The molecule has 0 amide bonds. The minimum atomic E-state index is -0.782. The number of carbonyl (C=O) groups is 1. The van der Waals surface area contributed by atoms with E-state index >= 15 is 0 Å². The van der Waals surface area contributed by atoms with E-state index in [2.05, 4.69) is 21.2 Å². The van der Waals surface area contributed by atoms with E-state index in [1.54, 1.807) is 12.1 Å². The number of aliphatic carboxylic acids is 1. The summed E-state index contributed by atoms with van der Waals surface area (Å²) in [7, 11) is 0. The van der Waals surface area contributed by atoms with Crippen molar-refractivity contribution in [3.05, 3.63) is 34.1 Å². The lowest BCUT2D eigenvalue weighted by atomic mass is 9.76. The Labute approximate surface area is 114 Å². The molecule has 1 saturated heterocycles. The van der Waals surface area contributed by atoms with Crippen LogP contribution in [0.3, 0.4) is 0 Å². The highest BCUT2D eigenvalue weighted by Gasteiger charge is 2.39. The van der Waals surface area contributed by atoms with Crippen LogP contribution in [0.5, 0.6) is 0 Å². The van der Waals surface area contributed by atoms with Gasteiger partial charge in [0.1, 0.15) is 5.82 Å². The zero-order valence-corrected chi connectivity index (χ0v) is 11.5. The zero-order chi connectivity index (χ0) is 13.2. The van der Waals surface area contributed by atoms with Gasteiger partial charge in [0.2, 0.25) is 0 Å². The fourth-order valence-corrected chi connectivity index (χ4v) is 2.84. The number of carboxylic acid groups (broad SMARTS) is 1. The molecule has 18 heavy (non-hydrogen) atoms. The van der Waals surface area contributed by atoms with Gasteiger partial charge >= 0.3 is 5.97 Å². The molecule has 2 rings (SSSR count). The van der Waals surface area contributed by atoms with Gasteiger partial charge in [-0.2, -0.15) is 0 Å². The molecule has 3 nitrogen and oxygen atoms in total. The number of piperidine rings is 1. The van der Waals surface area contributed by atoms with E-state index in [4.69, 9.17) is 0 Å². The summed E-state index contributed by atoms with van der Waals surface area (Å²) >= 11 is 3.13. The molecule has 1 unspecified atom stereocenters. The van der Waals surface area contributed by atoms with Gasteiger partial charge in [-0.15, -0.1) is 0 Å². The lowest BCUT2D eigenvalue weighted by molar-refractivity contribution is -0.150. The summed E-state index contributed by atoms with van der Waals surface area (Å²) in [4.78, 5) is 11.5. The molecule has 1 atom stereocenters.